The van der Waals surface area contributed by atoms with Crippen LogP contribution in [-0.4, -0.2) is 0 Å². The maximum Gasteiger partial charge on any atom is 0.230 e. The molecule has 3 heteroatoms. The molecule has 30 heavy (non-hydrogen) atoms. The fraction of sp³-hybridized carbons (Fsp3) is 0.222. The van der Waals surface area contributed by atoms with Crippen LogP contribution in [0.4, 0.5) is 4.39 Å². The molecule has 1 nitrogen and oxygen atoms in total. The Morgan fingerprint density at radius 1 is 0.867 bits per heavy atom. The molecule has 0 atom stereocenters. The number of fused-ring (bicyclic) bond motifs is 4. The molecule has 0 N–H and O–H groups in total. The van der Waals surface area contributed by atoms with Crippen molar-refractivity contribution >= 4 is 42.3 Å². The van der Waals surface area contributed by atoms with Gasteiger partial charge in [0.05, 0.1) is 5.56 Å². The summed E-state index contributed by atoms with van der Waals surface area (Å²) >= 11 is 1.68. The molecule has 0 aliphatic carbocycles. The Bertz CT molecular complexity index is 1450. The fourth-order valence-electron chi connectivity index (χ4n) is 4.55. The molecular weight excluding hydrogens is 389 g/mol. The molecule has 5 rings (SSSR count). The van der Waals surface area contributed by atoms with E-state index in [2.05, 4.69) is 81.9 Å². The van der Waals surface area contributed by atoms with Crippen molar-refractivity contribution in [2.75, 3.05) is 0 Å². The molecule has 0 aliphatic heterocycles. The van der Waals surface area contributed by atoms with Crippen molar-refractivity contribution < 1.29 is 8.96 Å². The lowest BCUT2D eigenvalue weighted by Gasteiger charge is -2.24. The smallest absolute Gasteiger partial charge is 0.207 e. The Balaban J connectivity index is 1.94. The average Bonchev–Trinajstić information content (AvgIpc) is 3.05. The summed E-state index contributed by atoms with van der Waals surface area (Å²) in [5, 5.41) is 4.92. The third-order valence-electron chi connectivity index (χ3n) is 6.10. The highest BCUT2D eigenvalue weighted by molar-refractivity contribution is 7.26. The van der Waals surface area contributed by atoms with E-state index >= 15 is 0 Å². The van der Waals surface area contributed by atoms with E-state index in [-0.39, 0.29) is 11.2 Å². The van der Waals surface area contributed by atoms with Crippen molar-refractivity contribution in [1.82, 2.24) is 0 Å². The molecule has 0 amide bonds. The normalized spacial score (nSPS) is 12.3. The van der Waals surface area contributed by atoms with E-state index in [0.717, 1.165) is 10.1 Å². The van der Waals surface area contributed by atoms with Gasteiger partial charge in [-0.15, -0.1) is 11.3 Å². The number of thiophene rings is 1. The van der Waals surface area contributed by atoms with Crippen molar-refractivity contribution in [3.8, 4) is 11.3 Å². The number of halogens is 1. The molecule has 5 aromatic rings. The minimum Gasteiger partial charge on any atom is -0.207 e. The van der Waals surface area contributed by atoms with Crippen LogP contribution in [0.2, 0.25) is 0 Å². The second-order valence-electron chi connectivity index (χ2n) is 9.15. The summed E-state index contributed by atoms with van der Waals surface area (Å²) < 4.78 is 18.3. The van der Waals surface area contributed by atoms with Crippen molar-refractivity contribution in [2.45, 2.75) is 33.1 Å². The van der Waals surface area contributed by atoms with Gasteiger partial charge in [0.1, 0.15) is 17.6 Å². The molecule has 0 spiro atoms. The van der Waals surface area contributed by atoms with E-state index < -0.39 is 0 Å². The zero-order chi connectivity index (χ0) is 21.2. The van der Waals surface area contributed by atoms with Crippen LogP contribution in [0.3, 0.4) is 0 Å². The van der Waals surface area contributed by atoms with Crippen LogP contribution in [0.15, 0.2) is 60.8 Å². The van der Waals surface area contributed by atoms with Gasteiger partial charge in [-0.2, -0.15) is 4.57 Å². The lowest BCUT2D eigenvalue weighted by atomic mass is 9.80. The van der Waals surface area contributed by atoms with Crippen LogP contribution < -0.4 is 4.57 Å². The van der Waals surface area contributed by atoms with Crippen molar-refractivity contribution in [1.29, 1.82) is 0 Å². The predicted molar refractivity (Wildman–Crippen MR) is 127 cm³/mol. The first kappa shape index (κ1) is 19.2. The summed E-state index contributed by atoms with van der Waals surface area (Å²) in [7, 11) is 2.10. The van der Waals surface area contributed by atoms with E-state index in [0.29, 0.717) is 0 Å². The summed E-state index contributed by atoms with van der Waals surface area (Å²) in [5.41, 5.74) is 5.10. The molecule has 0 fully saturated rings. The monoisotopic (exact) mass is 414 g/mol. The van der Waals surface area contributed by atoms with Crippen molar-refractivity contribution in [3.05, 3.63) is 77.7 Å². The maximum absolute atomic E-state index is 13.9. The van der Waals surface area contributed by atoms with Crippen LogP contribution in [-0.2, 0) is 12.5 Å². The zero-order valence-corrected chi connectivity index (χ0v) is 18.8. The molecule has 2 heterocycles. The van der Waals surface area contributed by atoms with E-state index in [1.165, 1.54) is 43.2 Å². The molecule has 3 aromatic carbocycles. The predicted octanol–water partition coefficient (Wildman–Crippen LogP) is 7.44. The summed E-state index contributed by atoms with van der Waals surface area (Å²) in [5.74, 6) is -0.183. The first-order chi connectivity index (χ1) is 14.3. The van der Waals surface area contributed by atoms with E-state index in [1.54, 1.807) is 23.5 Å². The molecule has 0 radical (unpaired) electrons. The van der Waals surface area contributed by atoms with Gasteiger partial charge in [-0.1, -0.05) is 45.0 Å². The van der Waals surface area contributed by atoms with Gasteiger partial charge < -0.3 is 0 Å². The summed E-state index contributed by atoms with van der Waals surface area (Å²) in [6.45, 7) is 9.04. The van der Waals surface area contributed by atoms with Crippen molar-refractivity contribution in [2.24, 2.45) is 7.05 Å². The van der Waals surface area contributed by atoms with Gasteiger partial charge in [-0.3, -0.25) is 0 Å². The minimum absolute atomic E-state index is 0.0256. The highest BCUT2D eigenvalue weighted by atomic mass is 32.1. The number of aromatic nitrogens is 1. The molecule has 0 saturated heterocycles. The van der Waals surface area contributed by atoms with Gasteiger partial charge in [-0.25, -0.2) is 4.39 Å². The maximum atomic E-state index is 13.9. The van der Waals surface area contributed by atoms with Gasteiger partial charge in [-0.05, 0) is 58.5 Å². The lowest BCUT2D eigenvalue weighted by Crippen LogP contribution is -2.30. The van der Waals surface area contributed by atoms with Crippen LogP contribution in [0.5, 0.6) is 0 Å². The van der Waals surface area contributed by atoms with Crippen molar-refractivity contribution in [3.63, 3.8) is 0 Å². The molecule has 0 bridgehead atoms. The Kier molecular flexibility index (Phi) is 4.23. The Morgan fingerprint density at radius 2 is 1.60 bits per heavy atom. The molecule has 0 aliphatic rings. The Morgan fingerprint density at radius 3 is 2.33 bits per heavy atom. The zero-order valence-electron chi connectivity index (χ0n) is 18.0. The molecule has 0 unspecified atom stereocenters. The number of rotatable bonds is 1. The Hall–Kier alpha value is -2.78. The van der Waals surface area contributed by atoms with Crippen LogP contribution >= 0.6 is 11.3 Å². The van der Waals surface area contributed by atoms with Gasteiger partial charge in [0.15, 0.2) is 6.20 Å². The van der Waals surface area contributed by atoms with Gasteiger partial charge in [0.2, 0.25) is 5.69 Å². The standard InChI is InChI=1S/C27H25FNS/c1-16-18-8-6-7-9-19(18)23(27(2,3)4)15-22(16)25-26-21(12-13-29(25)5)20-11-10-17(28)14-24(20)30-26/h6-15H,1-5H3/q+1. The first-order valence-corrected chi connectivity index (χ1v) is 11.1. The van der Waals surface area contributed by atoms with Gasteiger partial charge in [0, 0.05) is 21.5 Å². The number of aryl methyl sites for hydroxylation is 2. The number of nitrogens with zero attached hydrogens (tertiary/aromatic N) is 1. The molecular formula is C27H25FNS+. The van der Waals surface area contributed by atoms with Gasteiger partial charge in [0.25, 0.3) is 0 Å². The number of benzene rings is 3. The highest BCUT2D eigenvalue weighted by Gasteiger charge is 2.25. The molecule has 0 saturated carbocycles. The fourth-order valence-corrected chi connectivity index (χ4v) is 5.87. The third kappa shape index (κ3) is 2.84. The van der Waals surface area contributed by atoms with Crippen LogP contribution in [0.25, 0.3) is 42.2 Å². The highest BCUT2D eigenvalue weighted by Crippen LogP contribution is 2.42. The Labute approximate surface area is 180 Å². The van der Waals surface area contributed by atoms with E-state index in [1.807, 2.05) is 6.07 Å². The quantitative estimate of drug-likeness (QED) is 0.251. The topological polar surface area (TPSA) is 3.88 Å². The summed E-state index contributed by atoms with van der Waals surface area (Å²) in [4.78, 5) is 0. The lowest BCUT2D eigenvalue weighted by molar-refractivity contribution is -0.659. The second kappa shape index (κ2) is 6.61. The first-order valence-electron chi connectivity index (χ1n) is 10.3. The molecule has 150 valence electrons. The average molecular weight is 415 g/mol. The van der Waals surface area contributed by atoms with Crippen LogP contribution in [0.1, 0.15) is 31.9 Å². The van der Waals surface area contributed by atoms with Crippen LogP contribution in [0, 0.1) is 12.7 Å². The number of pyridine rings is 1. The SMILES string of the molecule is Cc1c(-c2c3sc4cc(F)ccc4c3cc[n+]2C)cc(C(C)(C)C)c2ccccc12. The summed E-state index contributed by atoms with van der Waals surface area (Å²) in [6, 6.07) is 18.3. The minimum atomic E-state index is -0.183. The van der Waals surface area contributed by atoms with E-state index in [4.69, 9.17) is 0 Å². The molecule has 2 aromatic heterocycles. The van der Waals surface area contributed by atoms with Gasteiger partial charge >= 0.3 is 0 Å². The largest absolute Gasteiger partial charge is 0.230 e. The summed E-state index contributed by atoms with van der Waals surface area (Å²) in [6.07, 6.45) is 2.12. The van der Waals surface area contributed by atoms with E-state index in [9.17, 15) is 4.39 Å². The number of hydrogen-bond acceptors (Lipinski definition) is 1. The number of hydrogen-bond donors (Lipinski definition) is 0. The third-order valence-corrected chi connectivity index (χ3v) is 7.28. The second-order valence-corrected chi connectivity index (χ2v) is 10.2.